The molecule has 1 aromatic carbocycles. The molecule has 0 aliphatic rings. The lowest BCUT2D eigenvalue weighted by atomic mass is 9.96. The van der Waals surface area contributed by atoms with Crippen molar-refractivity contribution in [3.8, 4) is 5.75 Å². The lowest BCUT2D eigenvalue weighted by molar-refractivity contribution is 0.0482. The van der Waals surface area contributed by atoms with Gasteiger partial charge < -0.3 is 14.6 Å². The van der Waals surface area contributed by atoms with Gasteiger partial charge in [-0.3, -0.25) is 4.79 Å². The van der Waals surface area contributed by atoms with Crippen LogP contribution in [0.4, 0.5) is 0 Å². The summed E-state index contributed by atoms with van der Waals surface area (Å²) in [4.78, 5) is 12.0. The Kier molecular flexibility index (Phi) is 5.73. The summed E-state index contributed by atoms with van der Waals surface area (Å²) < 4.78 is 10.7. The van der Waals surface area contributed by atoms with Crippen LogP contribution in [0.3, 0.4) is 0 Å². The second kappa shape index (κ2) is 7.07. The molecule has 0 unspecified atom stereocenters. The highest BCUT2D eigenvalue weighted by Gasteiger charge is 2.27. The summed E-state index contributed by atoms with van der Waals surface area (Å²) in [6, 6.07) is 6.86. The largest absolute Gasteiger partial charge is 0.490 e. The van der Waals surface area contributed by atoms with Crippen LogP contribution < -0.4 is 4.74 Å². The molecule has 0 aromatic heterocycles. The second-order valence-corrected chi connectivity index (χ2v) is 4.60. The Morgan fingerprint density at radius 3 is 2.68 bits per heavy atom. The molecule has 104 valence electrons. The molecule has 0 amide bonds. The first-order valence-electron chi connectivity index (χ1n) is 6.14. The van der Waals surface area contributed by atoms with E-state index in [1.54, 1.807) is 30.3 Å². The fourth-order valence-electron chi connectivity index (χ4n) is 1.49. The molecular formula is C15H20O4. The molecule has 19 heavy (non-hydrogen) atoms. The van der Waals surface area contributed by atoms with E-state index < -0.39 is 5.60 Å². The van der Waals surface area contributed by atoms with Crippen LogP contribution in [-0.2, 0) is 4.74 Å². The maximum atomic E-state index is 12.0. The Hall–Kier alpha value is -1.65. The number of benzene rings is 1. The zero-order chi connectivity index (χ0) is 14.3. The van der Waals surface area contributed by atoms with Crippen LogP contribution in [0.25, 0.3) is 0 Å². The smallest absolute Gasteiger partial charge is 0.197 e. The monoisotopic (exact) mass is 264 g/mol. The van der Waals surface area contributed by atoms with Gasteiger partial charge in [0.15, 0.2) is 5.78 Å². The summed E-state index contributed by atoms with van der Waals surface area (Å²) in [5.74, 6) is 0.0898. The molecule has 0 radical (unpaired) electrons. The van der Waals surface area contributed by atoms with Crippen molar-refractivity contribution in [2.45, 2.75) is 19.4 Å². The van der Waals surface area contributed by atoms with E-state index in [9.17, 15) is 9.90 Å². The molecule has 1 N–H and O–H groups in total. The van der Waals surface area contributed by atoms with Gasteiger partial charge in [-0.1, -0.05) is 18.2 Å². The number of aliphatic hydroxyl groups is 1. The van der Waals surface area contributed by atoms with E-state index in [-0.39, 0.29) is 5.78 Å². The minimum absolute atomic E-state index is 0.337. The molecule has 0 spiro atoms. The molecule has 4 heteroatoms. The molecule has 0 atom stereocenters. The summed E-state index contributed by atoms with van der Waals surface area (Å²) in [6.45, 7) is 7.67. The predicted octanol–water partition coefficient (Wildman–Crippen LogP) is 2.22. The topological polar surface area (TPSA) is 55.8 Å². The van der Waals surface area contributed by atoms with E-state index in [0.717, 1.165) is 0 Å². The number of hydrogen-bond donors (Lipinski definition) is 1. The highest BCUT2D eigenvalue weighted by atomic mass is 16.5. The molecule has 0 saturated heterocycles. The van der Waals surface area contributed by atoms with Crippen LogP contribution in [0.5, 0.6) is 5.75 Å². The van der Waals surface area contributed by atoms with Crippen molar-refractivity contribution in [1.29, 1.82) is 0 Å². The molecule has 0 aliphatic carbocycles. The molecule has 0 heterocycles. The normalized spacial score (nSPS) is 11.1. The van der Waals surface area contributed by atoms with Crippen LogP contribution in [0.1, 0.15) is 24.2 Å². The summed E-state index contributed by atoms with van der Waals surface area (Å²) in [7, 11) is 0. The van der Waals surface area contributed by atoms with Crippen LogP contribution in [-0.4, -0.2) is 36.3 Å². The van der Waals surface area contributed by atoms with Crippen molar-refractivity contribution in [1.82, 2.24) is 0 Å². The highest BCUT2D eigenvalue weighted by Crippen LogP contribution is 2.23. The van der Waals surface area contributed by atoms with Crippen LogP contribution in [0.15, 0.2) is 36.9 Å². The minimum atomic E-state index is -1.42. The quantitative estimate of drug-likeness (QED) is 0.444. The molecule has 0 fully saturated rings. The van der Waals surface area contributed by atoms with Gasteiger partial charge in [0.25, 0.3) is 0 Å². The average Bonchev–Trinajstić information content (AvgIpc) is 2.37. The summed E-state index contributed by atoms with van der Waals surface area (Å²) in [6.07, 6.45) is 1.66. The van der Waals surface area contributed by atoms with Gasteiger partial charge in [-0.05, 0) is 26.0 Å². The Balaban J connectivity index is 2.68. The molecular weight excluding hydrogens is 244 g/mol. The van der Waals surface area contributed by atoms with Crippen molar-refractivity contribution >= 4 is 5.78 Å². The third-order valence-corrected chi connectivity index (χ3v) is 2.41. The minimum Gasteiger partial charge on any atom is -0.490 e. The van der Waals surface area contributed by atoms with Gasteiger partial charge in [-0.2, -0.15) is 0 Å². The van der Waals surface area contributed by atoms with Crippen LogP contribution in [0.2, 0.25) is 0 Å². The third-order valence-electron chi connectivity index (χ3n) is 2.41. The number of ketones is 1. The van der Waals surface area contributed by atoms with Gasteiger partial charge in [-0.25, -0.2) is 0 Å². The molecule has 1 rings (SSSR count). The average molecular weight is 264 g/mol. The molecule has 4 nitrogen and oxygen atoms in total. The SMILES string of the molecule is C=CCOCCOc1ccccc1C(=O)C(C)(C)O. The lowest BCUT2D eigenvalue weighted by Crippen LogP contribution is -2.31. The maximum absolute atomic E-state index is 12.0. The first kappa shape index (κ1) is 15.4. The van der Waals surface area contributed by atoms with Gasteiger partial charge in [0.1, 0.15) is 18.0 Å². The molecule has 1 aromatic rings. The van der Waals surface area contributed by atoms with E-state index in [0.29, 0.717) is 31.1 Å². The Labute approximate surface area is 113 Å². The van der Waals surface area contributed by atoms with Gasteiger partial charge in [0, 0.05) is 0 Å². The number of para-hydroxylation sites is 1. The van der Waals surface area contributed by atoms with E-state index in [1.165, 1.54) is 13.8 Å². The van der Waals surface area contributed by atoms with Gasteiger partial charge in [0.2, 0.25) is 0 Å². The third kappa shape index (κ3) is 4.85. The van der Waals surface area contributed by atoms with Crippen molar-refractivity contribution in [2.24, 2.45) is 0 Å². The molecule has 0 bridgehead atoms. The van der Waals surface area contributed by atoms with E-state index in [1.807, 2.05) is 0 Å². The van der Waals surface area contributed by atoms with E-state index in [2.05, 4.69) is 6.58 Å². The van der Waals surface area contributed by atoms with Crippen LogP contribution in [0, 0.1) is 0 Å². The zero-order valence-electron chi connectivity index (χ0n) is 11.4. The van der Waals surface area contributed by atoms with Crippen LogP contribution >= 0.6 is 0 Å². The van der Waals surface area contributed by atoms with E-state index in [4.69, 9.17) is 9.47 Å². The van der Waals surface area contributed by atoms with Crippen molar-refractivity contribution in [3.05, 3.63) is 42.5 Å². The number of hydrogen-bond acceptors (Lipinski definition) is 4. The first-order valence-corrected chi connectivity index (χ1v) is 6.14. The van der Waals surface area contributed by atoms with E-state index >= 15 is 0 Å². The molecule has 0 aliphatic heterocycles. The molecule has 0 saturated carbocycles. The standard InChI is InChI=1S/C15H20O4/c1-4-9-18-10-11-19-13-8-6-5-7-12(13)14(16)15(2,3)17/h4-8,17H,1,9-11H2,2-3H3. The maximum Gasteiger partial charge on any atom is 0.197 e. The number of ether oxygens (including phenoxy) is 2. The fourth-order valence-corrected chi connectivity index (χ4v) is 1.49. The number of Topliss-reactive ketones (excluding diaryl/α,β-unsaturated/α-hetero) is 1. The number of carbonyl (C=O) groups is 1. The van der Waals surface area contributed by atoms with Crippen molar-refractivity contribution in [3.63, 3.8) is 0 Å². The van der Waals surface area contributed by atoms with Crippen molar-refractivity contribution in [2.75, 3.05) is 19.8 Å². The number of carbonyl (C=O) groups excluding carboxylic acids is 1. The zero-order valence-corrected chi connectivity index (χ0v) is 11.4. The Morgan fingerprint density at radius 1 is 1.37 bits per heavy atom. The summed E-state index contributed by atoms with van der Waals surface area (Å²) in [5.41, 5.74) is -1.04. The Bertz CT molecular complexity index is 432. The summed E-state index contributed by atoms with van der Waals surface area (Å²) in [5, 5.41) is 9.76. The van der Waals surface area contributed by atoms with Gasteiger partial charge in [0.05, 0.1) is 18.8 Å². The van der Waals surface area contributed by atoms with Crippen molar-refractivity contribution < 1.29 is 19.4 Å². The van der Waals surface area contributed by atoms with Gasteiger partial charge in [-0.15, -0.1) is 6.58 Å². The number of rotatable bonds is 8. The first-order chi connectivity index (χ1) is 8.96. The Morgan fingerprint density at radius 2 is 2.05 bits per heavy atom. The second-order valence-electron chi connectivity index (χ2n) is 4.60. The lowest BCUT2D eigenvalue weighted by Gasteiger charge is -2.18. The van der Waals surface area contributed by atoms with Gasteiger partial charge >= 0.3 is 0 Å². The summed E-state index contributed by atoms with van der Waals surface area (Å²) >= 11 is 0. The highest BCUT2D eigenvalue weighted by molar-refractivity contribution is 6.03. The predicted molar refractivity (Wildman–Crippen MR) is 73.6 cm³/mol. The fraction of sp³-hybridized carbons (Fsp3) is 0.400.